The first-order valence-electron chi connectivity index (χ1n) is 12.9. The van der Waals surface area contributed by atoms with E-state index in [9.17, 15) is 14.7 Å². The van der Waals surface area contributed by atoms with Gasteiger partial charge in [-0.25, -0.2) is 4.79 Å². The van der Waals surface area contributed by atoms with Gasteiger partial charge in [-0.05, 0) is 67.9 Å². The Bertz CT molecular complexity index is 1180. The fourth-order valence-electron chi connectivity index (χ4n) is 5.32. The predicted molar refractivity (Wildman–Crippen MR) is 142 cm³/mol. The smallest absolute Gasteiger partial charge is 0.327 e. The van der Waals surface area contributed by atoms with Crippen LogP contribution >= 0.6 is 0 Å². The van der Waals surface area contributed by atoms with E-state index in [1.165, 1.54) is 10.5 Å². The third-order valence-corrected chi connectivity index (χ3v) is 7.36. The van der Waals surface area contributed by atoms with Gasteiger partial charge < -0.3 is 14.7 Å². The summed E-state index contributed by atoms with van der Waals surface area (Å²) in [5, 5.41) is 9.89. The molecule has 0 bridgehead atoms. The van der Waals surface area contributed by atoms with E-state index >= 15 is 0 Å². The quantitative estimate of drug-likeness (QED) is 0.521. The molecule has 192 valence electrons. The van der Waals surface area contributed by atoms with Gasteiger partial charge in [0.2, 0.25) is 0 Å². The molecule has 1 amide bonds. The number of aliphatic carboxylic acids is 1. The lowest BCUT2D eigenvalue weighted by atomic mass is 9.99. The van der Waals surface area contributed by atoms with Crippen LogP contribution in [0.5, 0.6) is 11.5 Å². The Kier molecular flexibility index (Phi) is 7.82. The van der Waals surface area contributed by atoms with Gasteiger partial charge in [-0.15, -0.1) is 0 Å². The van der Waals surface area contributed by atoms with Crippen molar-refractivity contribution in [2.24, 2.45) is 0 Å². The van der Waals surface area contributed by atoms with E-state index < -0.39 is 12.0 Å². The monoisotopic (exact) mass is 499 g/mol. The summed E-state index contributed by atoms with van der Waals surface area (Å²) in [6, 6.07) is 26.5. The van der Waals surface area contributed by atoms with Crippen molar-refractivity contribution in [3.63, 3.8) is 0 Å². The van der Waals surface area contributed by atoms with Gasteiger partial charge in [0, 0.05) is 37.8 Å². The largest absolute Gasteiger partial charge is 0.480 e. The van der Waals surface area contributed by atoms with E-state index in [0.717, 1.165) is 44.0 Å². The Labute approximate surface area is 217 Å². The highest BCUT2D eigenvalue weighted by molar-refractivity contribution is 5.96. The summed E-state index contributed by atoms with van der Waals surface area (Å²) >= 11 is 0. The summed E-state index contributed by atoms with van der Waals surface area (Å²) < 4.78 is 5.89. The number of rotatable bonds is 7. The fraction of sp³-hybridized carbons (Fsp3) is 0.333. The number of amides is 1. The molecule has 2 saturated heterocycles. The summed E-state index contributed by atoms with van der Waals surface area (Å²) in [6.07, 6.45) is 1.99. The lowest BCUT2D eigenvalue weighted by Crippen LogP contribution is -2.61. The zero-order valence-electron chi connectivity index (χ0n) is 20.9. The molecule has 0 aromatic heterocycles. The van der Waals surface area contributed by atoms with Gasteiger partial charge in [0.05, 0.1) is 0 Å². The second-order valence-electron chi connectivity index (χ2n) is 9.78. The number of ether oxygens (including phenoxy) is 1. The number of piperidine rings is 1. The molecular weight excluding hydrogens is 466 g/mol. The Morgan fingerprint density at radius 3 is 2.05 bits per heavy atom. The zero-order chi connectivity index (χ0) is 25.6. The van der Waals surface area contributed by atoms with Gasteiger partial charge >= 0.3 is 5.97 Å². The molecule has 2 aliphatic heterocycles. The zero-order valence-corrected chi connectivity index (χ0v) is 20.9. The molecule has 7 heteroatoms. The maximum Gasteiger partial charge on any atom is 0.327 e. The molecule has 1 atom stereocenters. The van der Waals surface area contributed by atoms with Crippen LogP contribution in [-0.2, 0) is 11.3 Å². The van der Waals surface area contributed by atoms with Crippen LogP contribution in [-0.4, -0.2) is 76.5 Å². The number of carbonyl (C=O) groups is 2. The van der Waals surface area contributed by atoms with Crippen LogP contribution in [0.15, 0.2) is 84.9 Å². The number of carboxylic acids is 1. The van der Waals surface area contributed by atoms with E-state index in [1.54, 1.807) is 24.3 Å². The molecule has 0 radical (unpaired) electrons. The number of carbonyl (C=O) groups excluding carboxylic acids is 1. The lowest BCUT2D eigenvalue weighted by Gasteiger charge is -2.45. The fourth-order valence-corrected chi connectivity index (χ4v) is 5.32. The van der Waals surface area contributed by atoms with E-state index in [0.29, 0.717) is 31.2 Å². The van der Waals surface area contributed by atoms with Crippen LogP contribution in [0.2, 0.25) is 0 Å². The summed E-state index contributed by atoms with van der Waals surface area (Å²) in [6.45, 7) is 4.33. The molecule has 3 aromatic carbocycles. The minimum atomic E-state index is -0.939. The molecule has 3 aromatic rings. The Balaban J connectivity index is 1.12. The lowest BCUT2D eigenvalue weighted by molar-refractivity contribution is -0.145. The third kappa shape index (κ3) is 6.18. The Morgan fingerprint density at radius 1 is 0.784 bits per heavy atom. The number of benzene rings is 3. The standard InChI is InChI=1S/C30H33N3O4/c34-29(24-7-3-1-4-8-24)33-20-19-32(22-28(33)30(35)36)25-15-17-31(18-16-25)21-23-11-13-27(14-12-23)37-26-9-5-2-6-10-26/h1-14,25,28H,15-22H2,(H,35,36). The van der Waals surface area contributed by atoms with Gasteiger partial charge in [-0.1, -0.05) is 48.5 Å². The molecule has 7 nitrogen and oxygen atoms in total. The Morgan fingerprint density at radius 2 is 1.41 bits per heavy atom. The molecule has 0 saturated carbocycles. The van der Waals surface area contributed by atoms with Gasteiger partial charge in [0.1, 0.15) is 17.5 Å². The van der Waals surface area contributed by atoms with Crippen molar-refractivity contribution >= 4 is 11.9 Å². The maximum atomic E-state index is 13.0. The van der Waals surface area contributed by atoms with Gasteiger partial charge in [-0.3, -0.25) is 14.6 Å². The molecule has 2 aliphatic rings. The van der Waals surface area contributed by atoms with Gasteiger partial charge in [0.15, 0.2) is 0 Å². The van der Waals surface area contributed by atoms with E-state index in [2.05, 4.69) is 21.9 Å². The number of piperazine rings is 1. The molecule has 0 spiro atoms. The molecular formula is C30H33N3O4. The highest BCUT2D eigenvalue weighted by atomic mass is 16.5. The second kappa shape index (κ2) is 11.6. The van der Waals surface area contributed by atoms with Crippen molar-refractivity contribution in [3.8, 4) is 11.5 Å². The van der Waals surface area contributed by atoms with E-state index in [1.807, 2.05) is 48.5 Å². The minimum Gasteiger partial charge on any atom is -0.480 e. The summed E-state index contributed by atoms with van der Waals surface area (Å²) in [5.41, 5.74) is 1.79. The van der Waals surface area contributed by atoms with E-state index in [-0.39, 0.29) is 5.91 Å². The van der Waals surface area contributed by atoms with Crippen molar-refractivity contribution < 1.29 is 19.4 Å². The second-order valence-corrected chi connectivity index (χ2v) is 9.78. The number of carboxylic acid groups (broad SMARTS) is 1. The van der Waals surface area contributed by atoms with E-state index in [4.69, 9.17) is 4.74 Å². The number of para-hydroxylation sites is 1. The third-order valence-electron chi connectivity index (χ3n) is 7.36. The van der Waals surface area contributed by atoms with Crippen molar-refractivity contribution in [1.29, 1.82) is 0 Å². The number of likely N-dealkylation sites (tertiary alicyclic amines) is 1. The van der Waals surface area contributed by atoms with Crippen molar-refractivity contribution in [2.45, 2.75) is 31.5 Å². The molecule has 1 unspecified atom stereocenters. The van der Waals surface area contributed by atoms with Crippen LogP contribution in [0.1, 0.15) is 28.8 Å². The SMILES string of the molecule is O=C(O)C1CN(C2CCN(Cc3ccc(Oc4ccccc4)cc3)CC2)CCN1C(=O)c1ccccc1. The molecule has 5 rings (SSSR count). The molecule has 37 heavy (non-hydrogen) atoms. The number of hydrogen-bond donors (Lipinski definition) is 1. The van der Waals surface area contributed by atoms with Crippen molar-refractivity contribution in [1.82, 2.24) is 14.7 Å². The molecule has 2 heterocycles. The van der Waals surface area contributed by atoms with Gasteiger partial charge in [0.25, 0.3) is 5.91 Å². The van der Waals surface area contributed by atoms with Crippen LogP contribution in [0.25, 0.3) is 0 Å². The predicted octanol–water partition coefficient (Wildman–Crippen LogP) is 4.35. The van der Waals surface area contributed by atoms with Crippen LogP contribution < -0.4 is 4.74 Å². The van der Waals surface area contributed by atoms with Crippen LogP contribution in [0.4, 0.5) is 0 Å². The van der Waals surface area contributed by atoms with Gasteiger partial charge in [-0.2, -0.15) is 0 Å². The highest BCUT2D eigenvalue weighted by Gasteiger charge is 2.38. The van der Waals surface area contributed by atoms with Crippen molar-refractivity contribution in [3.05, 3.63) is 96.1 Å². The van der Waals surface area contributed by atoms with Crippen LogP contribution in [0.3, 0.4) is 0 Å². The molecule has 1 N–H and O–H groups in total. The average molecular weight is 500 g/mol. The van der Waals surface area contributed by atoms with Crippen molar-refractivity contribution in [2.75, 3.05) is 32.7 Å². The first-order chi connectivity index (χ1) is 18.1. The topological polar surface area (TPSA) is 73.3 Å². The summed E-state index contributed by atoms with van der Waals surface area (Å²) in [5.74, 6) is 0.507. The normalized spacial score (nSPS) is 19.5. The molecule has 2 fully saturated rings. The number of hydrogen-bond acceptors (Lipinski definition) is 5. The first-order valence-corrected chi connectivity index (χ1v) is 12.9. The molecule has 0 aliphatic carbocycles. The number of nitrogens with zero attached hydrogens (tertiary/aromatic N) is 3. The average Bonchev–Trinajstić information content (AvgIpc) is 2.95. The highest BCUT2D eigenvalue weighted by Crippen LogP contribution is 2.25. The summed E-state index contributed by atoms with van der Waals surface area (Å²) in [4.78, 5) is 31.3. The summed E-state index contributed by atoms with van der Waals surface area (Å²) in [7, 11) is 0. The minimum absolute atomic E-state index is 0.206. The van der Waals surface area contributed by atoms with Crippen LogP contribution in [0, 0.1) is 0 Å². The maximum absolute atomic E-state index is 13.0. The Hall–Kier alpha value is -3.68. The first kappa shape index (κ1) is 25.0.